The van der Waals surface area contributed by atoms with Gasteiger partial charge in [-0.05, 0) is 16.3 Å². The summed E-state index contributed by atoms with van der Waals surface area (Å²) in [7, 11) is 0. The second kappa shape index (κ2) is 3.91. The van der Waals surface area contributed by atoms with Crippen molar-refractivity contribution >= 4 is 22.8 Å². The molecule has 4 nitrogen and oxygen atoms in total. The number of fused-ring (bicyclic) bond motifs is 3. The monoisotopic (exact) mass is 256 g/mol. The number of aliphatic carboxylic acids is 1. The van der Waals surface area contributed by atoms with E-state index in [1.54, 1.807) is 24.3 Å². The molecule has 0 unspecified atom stereocenters. The molecule has 0 fully saturated rings. The van der Waals surface area contributed by atoms with E-state index in [0.717, 1.165) is 5.39 Å². The van der Waals surface area contributed by atoms with Gasteiger partial charge < -0.3 is 15.3 Å². The summed E-state index contributed by atoms with van der Waals surface area (Å²) in [5.41, 5.74) is -1.47. The van der Waals surface area contributed by atoms with Crippen LogP contribution >= 0.6 is 0 Å². The number of aliphatic hydroxyl groups is 2. The summed E-state index contributed by atoms with van der Waals surface area (Å²) in [6.45, 7) is 0. The number of rotatable bonds is 1. The van der Waals surface area contributed by atoms with Crippen molar-refractivity contribution in [2.75, 3.05) is 0 Å². The van der Waals surface area contributed by atoms with E-state index in [9.17, 15) is 20.1 Å². The molecule has 0 saturated heterocycles. The highest BCUT2D eigenvalue weighted by Gasteiger charge is 2.48. The van der Waals surface area contributed by atoms with E-state index in [1.807, 2.05) is 18.2 Å². The van der Waals surface area contributed by atoms with Gasteiger partial charge in [0.2, 0.25) is 5.60 Å². The molecule has 0 saturated carbocycles. The van der Waals surface area contributed by atoms with Crippen molar-refractivity contribution in [3.05, 3.63) is 53.6 Å². The molecule has 2 atom stereocenters. The molecule has 0 aliphatic heterocycles. The number of benzene rings is 2. The molecule has 2 aromatic rings. The molecule has 0 radical (unpaired) electrons. The van der Waals surface area contributed by atoms with Crippen LogP contribution in [0.1, 0.15) is 11.1 Å². The highest BCUT2D eigenvalue weighted by atomic mass is 16.4. The highest BCUT2D eigenvalue weighted by molar-refractivity contribution is 5.96. The van der Waals surface area contributed by atoms with Crippen LogP contribution in [-0.4, -0.2) is 27.4 Å². The quantitative estimate of drug-likeness (QED) is 0.722. The molecule has 3 N–H and O–H groups in total. The summed E-state index contributed by atoms with van der Waals surface area (Å²) in [6, 6.07) is 10.8. The van der Waals surface area contributed by atoms with Gasteiger partial charge in [-0.15, -0.1) is 0 Å². The fourth-order valence-electron chi connectivity index (χ4n) is 2.57. The Hall–Kier alpha value is -2.17. The molecule has 0 bridgehead atoms. The van der Waals surface area contributed by atoms with E-state index in [0.29, 0.717) is 10.9 Å². The predicted octanol–water partition coefficient (Wildman–Crippen LogP) is 1.50. The molecule has 19 heavy (non-hydrogen) atoms. The topological polar surface area (TPSA) is 77.8 Å². The van der Waals surface area contributed by atoms with Gasteiger partial charge in [0.25, 0.3) is 0 Å². The van der Waals surface area contributed by atoms with Gasteiger partial charge in [0.15, 0.2) is 0 Å². The summed E-state index contributed by atoms with van der Waals surface area (Å²) >= 11 is 0. The zero-order chi connectivity index (χ0) is 13.6. The highest BCUT2D eigenvalue weighted by Crippen LogP contribution is 2.39. The first kappa shape index (κ1) is 11.9. The first-order valence-electron chi connectivity index (χ1n) is 5.89. The zero-order valence-electron chi connectivity index (χ0n) is 9.95. The molecule has 0 spiro atoms. The molecule has 0 heterocycles. The number of carboxylic acids is 1. The van der Waals surface area contributed by atoms with Gasteiger partial charge in [-0.1, -0.05) is 48.6 Å². The van der Waals surface area contributed by atoms with Crippen LogP contribution in [0.5, 0.6) is 0 Å². The van der Waals surface area contributed by atoms with Crippen LogP contribution in [0, 0.1) is 0 Å². The van der Waals surface area contributed by atoms with E-state index in [1.165, 1.54) is 6.08 Å². The molecule has 96 valence electrons. The minimum Gasteiger partial charge on any atom is -0.479 e. The van der Waals surface area contributed by atoms with E-state index >= 15 is 0 Å². The van der Waals surface area contributed by atoms with Gasteiger partial charge in [-0.25, -0.2) is 4.79 Å². The minimum atomic E-state index is -2.31. The van der Waals surface area contributed by atoms with Crippen LogP contribution in [-0.2, 0) is 10.4 Å². The molecule has 1 aliphatic rings. The summed E-state index contributed by atoms with van der Waals surface area (Å²) in [4.78, 5) is 11.4. The third-order valence-corrected chi connectivity index (χ3v) is 3.55. The van der Waals surface area contributed by atoms with Crippen molar-refractivity contribution in [3.63, 3.8) is 0 Å². The fourth-order valence-corrected chi connectivity index (χ4v) is 2.57. The molecular formula is C15H12O4. The van der Waals surface area contributed by atoms with Crippen molar-refractivity contribution in [3.8, 4) is 0 Å². The van der Waals surface area contributed by atoms with Gasteiger partial charge in [0.05, 0.1) is 0 Å². The second-order valence-corrected chi connectivity index (χ2v) is 4.63. The Bertz CT molecular complexity index is 704. The molecule has 2 aromatic carbocycles. The maximum absolute atomic E-state index is 11.4. The summed E-state index contributed by atoms with van der Waals surface area (Å²) in [5, 5.41) is 31.1. The minimum absolute atomic E-state index is 0.244. The average molecular weight is 256 g/mol. The standard InChI is InChI=1S/C15H12O4/c16-12-8-7-10-6-5-9-3-1-2-4-11(9)13(10)15(12,19)14(17)18/h1-8,12,16,19H,(H,17,18)/t12-,15-/m0/s1. The summed E-state index contributed by atoms with van der Waals surface area (Å²) in [5.74, 6) is -1.46. The Morgan fingerprint density at radius 1 is 1.16 bits per heavy atom. The van der Waals surface area contributed by atoms with Crippen molar-refractivity contribution in [2.45, 2.75) is 11.7 Å². The lowest BCUT2D eigenvalue weighted by Gasteiger charge is -2.32. The van der Waals surface area contributed by atoms with Gasteiger partial charge in [-0.2, -0.15) is 0 Å². The van der Waals surface area contributed by atoms with Crippen LogP contribution in [0.25, 0.3) is 16.8 Å². The van der Waals surface area contributed by atoms with Gasteiger partial charge in [-0.3, -0.25) is 0 Å². The summed E-state index contributed by atoms with van der Waals surface area (Å²) < 4.78 is 0. The van der Waals surface area contributed by atoms with Crippen molar-refractivity contribution in [1.29, 1.82) is 0 Å². The van der Waals surface area contributed by atoms with Crippen molar-refractivity contribution < 1.29 is 20.1 Å². The largest absolute Gasteiger partial charge is 0.479 e. The van der Waals surface area contributed by atoms with Crippen LogP contribution in [0.4, 0.5) is 0 Å². The maximum Gasteiger partial charge on any atom is 0.343 e. The van der Waals surface area contributed by atoms with E-state index < -0.39 is 17.7 Å². The maximum atomic E-state index is 11.4. The smallest absolute Gasteiger partial charge is 0.343 e. The first-order chi connectivity index (χ1) is 9.05. The van der Waals surface area contributed by atoms with Crippen molar-refractivity contribution in [2.24, 2.45) is 0 Å². The molecule has 3 rings (SSSR count). The number of hydrogen-bond acceptors (Lipinski definition) is 3. The van der Waals surface area contributed by atoms with Gasteiger partial charge in [0.1, 0.15) is 6.10 Å². The normalized spacial score (nSPS) is 25.3. The Labute approximate surface area is 109 Å². The Balaban J connectivity index is 2.44. The lowest BCUT2D eigenvalue weighted by Crippen LogP contribution is -2.47. The SMILES string of the molecule is O=C(O)[C@@]1(O)c2c(ccc3ccccc23)C=C[C@@H]1O. The van der Waals surface area contributed by atoms with Crippen LogP contribution in [0.15, 0.2) is 42.5 Å². The zero-order valence-corrected chi connectivity index (χ0v) is 9.95. The average Bonchev–Trinajstić information content (AvgIpc) is 2.42. The Morgan fingerprint density at radius 3 is 2.63 bits per heavy atom. The Morgan fingerprint density at radius 2 is 1.89 bits per heavy atom. The van der Waals surface area contributed by atoms with Gasteiger partial charge in [0, 0.05) is 5.56 Å². The van der Waals surface area contributed by atoms with E-state index in [2.05, 4.69) is 0 Å². The fraction of sp³-hybridized carbons (Fsp3) is 0.133. The Kier molecular flexibility index (Phi) is 2.45. The van der Waals surface area contributed by atoms with Crippen LogP contribution in [0.2, 0.25) is 0 Å². The van der Waals surface area contributed by atoms with E-state index in [-0.39, 0.29) is 5.56 Å². The molecule has 0 aromatic heterocycles. The third-order valence-electron chi connectivity index (χ3n) is 3.55. The van der Waals surface area contributed by atoms with E-state index in [4.69, 9.17) is 0 Å². The number of aliphatic hydroxyl groups excluding tert-OH is 1. The molecular weight excluding hydrogens is 244 g/mol. The van der Waals surface area contributed by atoms with Crippen molar-refractivity contribution in [1.82, 2.24) is 0 Å². The third kappa shape index (κ3) is 1.51. The molecule has 0 amide bonds. The lowest BCUT2D eigenvalue weighted by molar-refractivity contribution is -0.169. The molecule has 1 aliphatic carbocycles. The number of carbonyl (C=O) groups is 1. The van der Waals surface area contributed by atoms with Crippen LogP contribution < -0.4 is 0 Å². The van der Waals surface area contributed by atoms with Crippen LogP contribution in [0.3, 0.4) is 0 Å². The summed E-state index contributed by atoms with van der Waals surface area (Å²) in [6.07, 6.45) is 1.46. The van der Waals surface area contributed by atoms with Gasteiger partial charge >= 0.3 is 5.97 Å². The predicted molar refractivity (Wildman–Crippen MR) is 70.5 cm³/mol. The second-order valence-electron chi connectivity index (χ2n) is 4.63. The molecule has 4 heteroatoms. The number of carboxylic acid groups (broad SMARTS) is 1. The first-order valence-corrected chi connectivity index (χ1v) is 5.89. The number of hydrogen-bond donors (Lipinski definition) is 3. The lowest BCUT2D eigenvalue weighted by atomic mass is 9.78.